The van der Waals surface area contributed by atoms with Crippen LogP contribution < -0.4 is 10.6 Å². The highest BCUT2D eigenvalue weighted by atomic mass is 19.3. The van der Waals surface area contributed by atoms with Gasteiger partial charge in [0.2, 0.25) is 11.8 Å². The van der Waals surface area contributed by atoms with E-state index in [1.807, 2.05) is 13.8 Å². The van der Waals surface area contributed by atoms with E-state index >= 15 is 0 Å². The van der Waals surface area contributed by atoms with Crippen LogP contribution in [-0.4, -0.2) is 48.7 Å². The van der Waals surface area contributed by atoms with Crippen LogP contribution in [0.25, 0.3) is 11.3 Å². The summed E-state index contributed by atoms with van der Waals surface area (Å²) in [5, 5.41) is 16.8. The van der Waals surface area contributed by atoms with Gasteiger partial charge in [0.05, 0.1) is 29.3 Å². The fourth-order valence-corrected chi connectivity index (χ4v) is 4.80. The van der Waals surface area contributed by atoms with Crippen LogP contribution in [0.1, 0.15) is 53.6 Å². The summed E-state index contributed by atoms with van der Waals surface area (Å²) in [7, 11) is 0. The normalized spacial score (nSPS) is 16.1. The van der Waals surface area contributed by atoms with Crippen molar-refractivity contribution in [2.75, 3.05) is 5.32 Å². The first-order valence-corrected chi connectivity index (χ1v) is 12.4. The molecule has 9 nitrogen and oxygen atoms in total. The summed E-state index contributed by atoms with van der Waals surface area (Å²) >= 11 is 0. The van der Waals surface area contributed by atoms with Crippen molar-refractivity contribution in [1.29, 1.82) is 0 Å². The molecule has 2 amide bonds. The number of nitrogens with one attached hydrogen (secondary N) is 3. The van der Waals surface area contributed by atoms with Crippen molar-refractivity contribution in [2.24, 2.45) is 5.92 Å². The van der Waals surface area contributed by atoms with E-state index in [4.69, 9.17) is 0 Å². The zero-order chi connectivity index (χ0) is 27.4. The van der Waals surface area contributed by atoms with Crippen molar-refractivity contribution in [3.05, 3.63) is 73.0 Å². The number of alkyl halides is 2. The fraction of sp³-hybridized carbons (Fsp3) is 0.370. The van der Waals surface area contributed by atoms with E-state index in [1.54, 1.807) is 24.3 Å². The summed E-state index contributed by atoms with van der Waals surface area (Å²) in [5.41, 5.74) is 3.87. The second-order valence-electron chi connectivity index (χ2n) is 9.50. The number of amides is 2. The van der Waals surface area contributed by atoms with Crippen molar-refractivity contribution in [1.82, 2.24) is 30.3 Å². The minimum absolute atomic E-state index is 0.100. The Labute approximate surface area is 219 Å². The maximum absolute atomic E-state index is 13.9. The Hall–Kier alpha value is -4.15. The molecule has 0 saturated heterocycles. The monoisotopic (exact) mass is 523 g/mol. The molecule has 1 aliphatic carbocycles. The Morgan fingerprint density at radius 1 is 1.18 bits per heavy atom. The van der Waals surface area contributed by atoms with Crippen LogP contribution in [0.5, 0.6) is 0 Å². The summed E-state index contributed by atoms with van der Waals surface area (Å²) in [6.45, 7) is 11.2. The third kappa shape index (κ3) is 5.71. The number of aryl methyl sites for hydroxylation is 2. The van der Waals surface area contributed by atoms with Crippen LogP contribution in [-0.2, 0) is 4.79 Å². The van der Waals surface area contributed by atoms with Crippen LogP contribution in [0.4, 0.5) is 14.5 Å². The van der Waals surface area contributed by atoms with Crippen molar-refractivity contribution in [3.63, 3.8) is 0 Å². The van der Waals surface area contributed by atoms with Crippen LogP contribution in [0.15, 0.2) is 55.9 Å². The van der Waals surface area contributed by atoms with Gasteiger partial charge in [0, 0.05) is 30.3 Å². The SMILES string of the molecule is C=CC(C=C)n1nccc1C(=O)N[C@H](C(=O)Nc1ccc(-c2c(C)n[nH]c2C)nc1)C1CCC(F)(F)CC1. The Morgan fingerprint density at radius 2 is 1.89 bits per heavy atom. The third-order valence-corrected chi connectivity index (χ3v) is 6.89. The van der Waals surface area contributed by atoms with Gasteiger partial charge in [0.15, 0.2) is 0 Å². The minimum atomic E-state index is -2.77. The number of halogens is 2. The lowest BCUT2D eigenvalue weighted by atomic mass is 9.81. The molecule has 11 heteroatoms. The van der Waals surface area contributed by atoms with Gasteiger partial charge in [-0.2, -0.15) is 10.2 Å². The van der Waals surface area contributed by atoms with Gasteiger partial charge in [0.25, 0.3) is 5.91 Å². The number of hydrogen-bond donors (Lipinski definition) is 3. The van der Waals surface area contributed by atoms with Gasteiger partial charge >= 0.3 is 0 Å². The number of allylic oxidation sites excluding steroid dienone is 2. The molecule has 0 radical (unpaired) electrons. The maximum atomic E-state index is 13.9. The van der Waals surface area contributed by atoms with E-state index < -0.39 is 35.7 Å². The molecule has 3 heterocycles. The summed E-state index contributed by atoms with van der Waals surface area (Å²) < 4.78 is 29.2. The van der Waals surface area contributed by atoms with E-state index in [9.17, 15) is 18.4 Å². The van der Waals surface area contributed by atoms with Crippen molar-refractivity contribution in [3.8, 4) is 11.3 Å². The molecule has 3 aromatic heterocycles. The molecule has 0 aliphatic heterocycles. The first kappa shape index (κ1) is 26.9. The molecule has 0 bridgehead atoms. The Bertz CT molecular complexity index is 1290. The first-order valence-electron chi connectivity index (χ1n) is 12.4. The van der Waals surface area contributed by atoms with Crippen LogP contribution in [0.2, 0.25) is 0 Å². The number of nitrogens with zero attached hydrogens (tertiary/aromatic N) is 4. The van der Waals surface area contributed by atoms with Gasteiger partial charge in [-0.3, -0.25) is 19.7 Å². The van der Waals surface area contributed by atoms with Gasteiger partial charge in [0.1, 0.15) is 11.7 Å². The van der Waals surface area contributed by atoms with Crippen molar-refractivity contribution >= 4 is 17.5 Å². The molecule has 4 rings (SSSR count). The number of carbonyl (C=O) groups excluding carboxylic acids is 2. The lowest BCUT2D eigenvalue weighted by molar-refractivity contribution is -0.121. The summed E-state index contributed by atoms with van der Waals surface area (Å²) in [4.78, 5) is 31.1. The summed E-state index contributed by atoms with van der Waals surface area (Å²) in [6, 6.07) is 3.51. The van der Waals surface area contributed by atoms with E-state index in [-0.39, 0.29) is 31.4 Å². The lowest BCUT2D eigenvalue weighted by Crippen LogP contribution is -2.50. The van der Waals surface area contributed by atoms with Crippen LogP contribution >= 0.6 is 0 Å². The third-order valence-electron chi connectivity index (χ3n) is 6.89. The number of pyridine rings is 1. The van der Waals surface area contributed by atoms with Gasteiger partial charge in [-0.25, -0.2) is 13.5 Å². The average molecular weight is 524 g/mol. The number of aromatic nitrogens is 5. The number of rotatable bonds is 9. The highest BCUT2D eigenvalue weighted by molar-refractivity contribution is 6.00. The highest BCUT2D eigenvalue weighted by Gasteiger charge is 2.40. The largest absolute Gasteiger partial charge is 0.339 e. The van der Waals surface area contributed by atoms with Crippen molar-refractivity contribution in [2.45, 2.75) is 57.5 Å². The standard InChI is InChI=1S/C27H31F2N7O2/c1-5-20(6-2)36-22(11-14-31-36)25(37)33-24(18-9-12-27(28,29)13-10-18)26(38)32-19-7-8-21(30-15-19)23-16(3)34-35-17(23)4/h5-8,11,14-15,18,20,24H,1-2,9-10,12-13H2,3-4H3,(H,32,38)(H,33,37)(H,34,35)/t24-/m0/s1. The fourth-order valence-electron chi connectivity index (χ4n) is 4.80. The van der Waals surface area contributed by atoms with Gasteiger partial charge in [-0.15, -0.1) is 13.2 Å². The Kier molecular flexibility index (Phi) is 7.84. The first-order chi connectivity index (χ1) is 18.1. The molecule has 0 unspecified atom stereocenters. The summed E-state index contributed by atoms with van der Waals surface area (Å²) in [5.74, 6) is -4.29. The van der Waals surface area contributed by atoms with E-state index in [0.29, 0.717) is 11.4 Å². The topological polar surface area (TPSA) is 118 Å². The molecule has 1 fully saturated rings. The second kappa shape index (κ2) is 11.1. The minimum Gasteiger partial charge on any atom is -0.339 e. The quantitative estimate of drug-likeness (QED) is 0.350. The molecule has 0 aromatic carbocycles. The molecular weight excluding hydrogens is 492 g/mol. The van der Waals surface area contributed by atoms with Crippen LogP contribution in [0, 0.1) is 19.8 Å². The number of aromatic amines is 1. The number of hydrogen-bond acceptors (Lipinski definition) is 5. The maximum Gasteiger partial charge on any atom is 0.270 e. The smallest absolute Gasteiger partial charge is 0.270 e. The van der Waals surface area contributed by atoms with Gasteiger partial charge in [-0.1, -0.05) is 12.2 Å². The Balaban J connectivity index is 1.55. The second-order valence-corrected chi connectivity index (χ2v) is 9.50. The number of H-pyrrole nitrogens is 1. The van der Waals surface area contributed by atoms with E-state index in [2.05, 4.69) is 44.1 Å². The highest BCUT2D eigenvalue weighted by Crippen LogP contribution is 2.38. The molecular formula is C27H31F2N7O2. The molecule has 0 spiro atoms. The molecule has 38 heavy (non-hydrogen) atoms. The number of carbonyl (C=O) groups is 2. The van der Waals surface area contributed by atoms with Crippen molar-refractivity contribution < 1.29 is 18.4 Å². The zero-order valence-electron chi connectivity index (χ0n) is 21.4. The van der Waals surface area contributed by atoms with Crippen LogP contribution in [0.3, 0.4) is 0 Å². The molecule has 1 saturated carbocycles. The van der Waals surface area contributed by atoms with E-state index in [1.165, 1.54) is 23.1 Å². The molecule has 1 aliphatic rings. The Morgan fingerprint density at radius 3 is 2.47 bits per heavy atom. The predicted octanol–water partition coefficient (Wildman–Crippen LogP) is 4.76. The molecule has 3 aromatic rings. The van der Waals surface area contributed by atoms with Gasteiger partial charge < -0.3 is 10.6 Å². The number of anilines is 1. The zero-order valence-corrected chi connectivity index (χ0v) is 21.4. The molecule has 3 N–H and O–H groups in total. The lowest BCUT2D eigenvalue weighted by Gasteiger charge is -2.33. The average Bonchev–Trinajstić information content (AvgIpc) is 3.50. The molecule has 200 valence electrons. The molecule has 1 atom stereocenters. The van der Waals surface area contributed by atoms with E-state index in [0.717, 1.165) is 17.0 Å². The predicted molar refractivity (Wildman–Crippen MR) is 140 cm³/mol. The summed E-state index contributed by atoms with van der Waals surface area (Å²) in [6.07, 6.45) is 5.64. The van der Waals surface area contributed by atoms with Gasteiger partial charge in [-0.05, 0) is 50.8 Å².